The van der Waals surface area contributed by atoms with Crippen LogP contribution in [0.2, 0.25) is 0 Å². The van der Waals surface area contributed by atoms with Crippen LogP contribution in [-0.2, 0) is 33.0 Å². The molecule has 35 heavy (non-hydrogen) atoms. The predicted molar refractivity (Wildman–Crippen MR) is 138 cm³/mol. The second-order valence-electron chi connectivity index (χ2n) is 8.62. The van der Waals surface area contributed by atoms with Crippen molar-refractivity contribution in [3.63, 3.8) is 0 Å². The summed E-state index contributed by atoms with van der Waals surface area (Å²) in [6, 6.07) is 26.1. The number of hydrogen-bond donors (Lipinski definition) is 1. The lowest BCUT2D eigenvalue weighted by atomic mass is 9.90. The van der Waals surface area contributed by atoms with Gasteiger partial charge in [0.1, 0.15) is 4.75 Å². The highest BCUT2D eigenvalue weighted by Crippen LogP contribution is 2.36. The van der Waals surface area contributed by atoms with E-state index in [4.69, 9.17) is 0 Å². The number of nitrogens with one attached hydrogen (secondary N) is 1. The van der Waals surface area contributed by atoms with Crippen LogP contribution in [0.25, 0.3) is 0 Å². The van der Waals surface area contributed by atoms with Crippen LogP contribution in [0, 0.1) is 0 Å². The van der Waals surface area contributed by atoms with Gasteiger partial charge in [0, 0.05) is 0 Å². The van der Waals surface area contributed by atoms with E-state index < -0.39 is 24.8 Å². The van der Waals surface area contributed by atoms with E-state index in [1.54, 1.807) is 54.6 Å². The predicted octanol–water partition coefficient (Wildman–Crippen LogP) is 4.60. The molecule has 3 aromatic rings. The maximum atomic E-state index is 14.4. The van der Waals surface area contributed by atoms with Gasteiger partial charge in [-0.3, -0.25) is 0 Å². The molecule has 0 saturated heterocycles. The van der Waals surface area contributed by atoms with E-state index in [2.05, 4.69) is 4.83 Å². The first-order chi connectivity index (χ1) is 16.7. The topological polar surface area (TPSA) is 83.6 Å². The summed E-state index contributed by atoms with van der Waals surface area (Å²) in [5.74, 6) is 0. The van der Waals surface area contributed by atoms with Gasteiger partial charge in [0.25, 0.3) is 10.0 Å². The van der Waals surface area contributed by atoms with E-state index in [9.17, 15) is 16.8 Å². The monoisotopic (exact) mass is 508 g/mol. The molecule has 8 heteroatoms. The van der Waals surface area contributed by atoms with Crippen molar-refractivity contribution < 1.29 is 16.8 Å². The third-order valence-corrected chi connectivity index (χ3v) is 9.76. The Hall–Kier alpha value is -3.04. The Kier molecular flexibility index (Phi) is 7.37. The SMILES string of the molecule is CC1=CCC(Cc2ccccc2)(S(=O)(=O)N(Cc2ccccc2)NS(=O)(=O)c2ccccc2)C=C1. The zero-order valence-corrected chi connectivity index (χ0v) is 21.0. The summed E-state index contributed by atoms with van der Waals surface area (Å²) in [5, 5.41) is 0. The Bertz CT molecular complexity index is 1420. The molecule has 6 nitrogen and oxygen atoms in total. The summed E-state index contributed by atoms with van der Waals surface area (Å²) in [6.07, 6.45) is 5.79. The lowest BCUT2D eigenvalue weighted by molar-refractivity contribution is 0.355. The van der Waals surface area contributed by atoms with Gasteiger partial charge in [-0.25, -0.2) is 16.8 Å². The Morgan fingerprint density at radius 3 is 1.89 bits per heavy atom. The Labute approximate surface area is 207 Å². The first-order valence-corrected chi connectivity index (χ1v) is 14.2. The van der Waals surface area contributed by atoms with E-state index in [1.165, 1.54) is 12.1 Å². The molecule has 0 fully saturated rings. The molecule has 0 aromatic heterocycles. The molecule has 0 spiro atoms. The Morgan fingerprint density at radius 1 is 0.800 bits per heavy atom. The molecule has 0 heterocycles. The minimum absolute atomic E-state index is 0.0136. The van der Waals surface area contributed by atoms with Crippen LogP contribution in [-0.4, -0.2) is 26.0 Å². The molecule has 1 aliphatic rings. The maximum absolute atomic E-state index is 14.4. The second-order valence-corrected chi connectivity index (χ2v) is 12.5. The number of hydrogen-bond acceptors (Lipinski definition) is 4. The zero-order chi connectivity index (χ0) is 24.9. The van der Waals surface area contributed by atoms with E-state index in [-0.39, 0.29) is 24.3 Å². The molecule has 3 aromatic carbocycles. The van der Waals surface area contributed by atoms with Crippen molar-refractivity contribution in [2.24, 2.45) is 0 Å². The number of nitrogens with zero attached hydrogens (tertiary/aromatic N) is 1. The third kappa shape index (κ3) is 5.62. The summed E-state index contributed by atoms with van der Waals surface area (Å²) in [5.41, 5.74) is 2.47. The minimum Gasteiger partial charge on any atom is -0.210 e. The highest BCUT2D eigenvalue weighted by Gasteiger charge is 2.47. The first kappa shape index (κ1) is 25.1. The quantitative estimate of drug-likeness (QED) is 0.428. The fraction of sp³-hybridized carbons (Fsp3) is 0.185. The van der Waals surface area contributed by atoms with Crippen LogP contribution in [0.15, 0.2) is 120 Å². The highest BCUT2D eigenvalue weighted by atomic mass is 32.2. The molecule has 4 rings (SSSR count). The summed E-state index contributed by atoms with van der Waals surface area (Å²) < 4.78 is 54.7. The van der Waals surface area contributed by atoms with Crippen LogP contribution in [0.4, 0.5) is 0 Å². The number of sulfonamides is 2. The van der Waals surface area contributed by atoms with E-state index in [1.807, 2.05) is 49.4 Å². The van der Waals surface area contributed by atoms with Gasteiger partial charge < -0.3 is 0 Å². The molecular formula is C27H28N2O4S2. The second kappa shape index (κ2) is 10.3. The number of benzene rings is 3. The fourth-order valence-corrected chi connectivity index (χ4v) is 7.31. The van der Waals surface area contributed by atoms with Crippen LogP contribution < -0.4 is 4.83 Å². The molecule has 0 saturated carbocycles. The van der Waals surface area contributed by atoms with Crippen molar-refractivity contribution in [1.82, 2.24) is 9.25 Å². The van der Waals surface area contributed by atoms with Gasteiger partial charge >= 0.3 is 0 Å². The van der Waals surface area contributed by atoms with Gasteiger partial charge in [0.15, 0.2) is 0 Å². The van der Waals surface area contributed by atoms with Crippen LogP contribution in [0.5, 0.6) is 0 Å². The van der Waals surface area contributed by atoms with Crippen LogP contribution >= 0.6 is 0 Å². The highest BCUT2D eigenvalue weighted by molar-refractivity contribution is 7.93. The van der Waals surface area contributed by atoms with Crippen molar-refractivity contribution in [1.29, 1.82) is 0 Å². The number of allylic oxidation sites excluding steroid dienone is 3. The summed E-state index contributed by atoms with van der Waals surface area (Å²) >= 11 is 0. The largest absolute Gasteiger partial charge is 0.254 e. The first-order valence-electron chi connectivity index (χ1n) is 11.3. The molecule has 1 aliphatic carbocycles. The van der Waals surface area contributed by atoms with Crippen molar-refractivity contribution in [3.8, 4) is 0 Å². The van der Waals surface area contributed by atoms with Gasteiger partial charge in [-0.1, -0.05) is 103 Å². The van der Waals surface area contributed by atoms with Gasteiger partial charge in [-0.05, 0) is 43.0 Å². The van der Waals surface area contributed by atoms with Crippen LogP contribution in [0.1, 0.15) is 24.5 Å². The minimum atomic E-state index is -4.24. The molecule has 0 aliphatic heterocycles. The fourth-order valence-electron chi connectivity index (χ4n) is 4.03. The summed E-state index contributed by atoms with van der Waals surface area (Å²) in [4.78, 5) is 2.37. The van der Waals surface area contributed by atoms with Crippen molar-refractivity contribution in [3.05, 3.63) is 126 Å². The van der Waals surface area contributed by atoms with Gasteiger partial charge in [0.2, 0.25) is 10.0 Å². The molecule has 182 valence electrons. The Balaban J connectivity index is 1.79. The molecular weight excluding hydrogens is 480 g/mol. The lowest BCUT2D eigenvalue weighted by Crippen LogP contribution is -2.55. The zero-order valence-electron chi connectivity index (χ0n) is 19.4. The van der Waals surface area contributed by atoms with E-state index >= 15 is 0 Å². The average Bonchev–Trinajstić information content (AvgIpc) is 2.87. The van der Waals surface area contributed by atoms with Crippen molar-refractivity contribution >= 4 is 20.0 Å². The molecule has 0 amide bonds. The Morgan fingerprint density at radius 2 is 1.34 bits per heavy atom. The summed E-state index contributed by atoms with van der Waals surface area (Å²) in [7, 11) is -8.39. The number of rotatable bonds is 9. The van der Waals surface area contributed by atoms with Crippen molar-refractivity contribution in [2.75, 3.05) is 0 Å². The maximum Gasteiger partial charge on any atom is 0.254 e. The van der Waals surface area contributed by atoms with E-state index in [0.29, 0.717) is 5.56 Å². The van der Waals surface area contributed by atoms with Crippen molar-refractivity contribution in [2.45, 2.75) is 36.0 Å². The smallest absolute Gasteiger partial charge is 0.210 e. The van der Waals surface area contributed by atoms with Crippen LogP contribution in [0.3, 0.4) is 0 Å². The molecule has 1 atom stereocenters. The van der Waals surface area contributed by atoms with E-state index in [0.717, 1.165) is 15.6 Å². The van der Waals surface area contributed by atoms with Gasteiger partial charge in [0.05, 0.1) is 11.4 Å². The molecule has 1 unspecified atom stereocenters. The third-order valence-electron chi connectivity index (χ3n) is 6.01. The molecule has 0 bridgehead atoms. The number of hydrazine groups is 1. The van der Waals surface area contributed by atoms with Gasteiger partial charge in [-0.15, -0.1) is 9.25 Å². The molecule has 0 radical (unpaired) electrons. The van der Waals surface area contributed by atoms with Gasteiger partial charge in [-0.2, -0.15) is 0 Å². The standard InChI is InChI=1S/C27H28N2O4S2/c1-23-17-19-27(20-18-23,21-24-11-5-2-6-12-24)35(32,33)29(22-25-13-7-3-8-14-25)28-34(30,31)26-15-9-4-10-16-26/h2-19,28H,20-22H2,1H3. The molecule has 1 N–H and O–H groups in total. The lowest BCUT2D eigenvalue weighted by Gasteiger charge is -2.37. The normalized spacial score (nSPS) is 18.4. The average molecular weight is 509 g/mol. The summed E-state index contributed by atoms with van der Waals surface area (Å²) in [6.45, 7) is 1.76.